The molecule has 0 radical (unpaired) electrons. The Morgan fingerprint density at radius 3 is 2.45 bits per heavy atom. The Labute approximate surface area is 129 Å². The lowest BCUT2D eigenvalue weighted by Gasteiger charge is -2.08. The molecule has 0 aliphatic rings. The van der Waals surface area contributed by atoms with Gasteiger partial charge in [-0.1, -0.05) is 6.07 Å². The maximum absolute atomic E-state index is 12.2. The molecule has 0 aliphatic carbocycles. The summed E-state index contributed by atoms with van der Waals surface area (Å²) in [5.41, 5.74) is 1.26. The van der Waals surface area contributed by atoms with Crippen molar-refractivity contribution in [1.82, 2.24) is 0 Å². The highest BCUT2D eigenvalue weighted by molar-refractivity contribution is 14.1. The Kier molecular flexibility index (Phi) is 4.33. The molecular weight excluding hydrogens is 371 g/mol. The van der Waals surface area contributed by atoms with Crippen LogP contribution in [0.5, 0.6) is 0 Å². The Bertz CT molecular complexity index is 669. The first-order valence-corrected chi connectivity index (χ1v) is 6.88. The predicted octanol–water partition coefficient (Wildman–Crippen LogP) is 3.76. The van der Waals surface area contributed by atoms with E-state index in [2.05, 4.69) is 27.9 Å². The summed E-state index contributed by atoms with van der Waals surface area (Å²) in [4.78, 5) is 22.5. The molecule has 2 rings (SSSR count). The summed E-state index contributed by atoms with van der Waals surface area (Å²) in [6.45, 7) is 1.57. The lowest BCUT2D eigenvalue weighted by Crippen LogP contribution is -2.14. The summed E-state index contributed by atoms with van der Waals surface area (Å²) in [5.74, 6) is -0.354. The van der Waals surface area contributed by atoms with Gasteiger partial charge in [0, 0.05) is 26.5 Å². The second kappa shape index (κ2) is 6.00. The van der Waals surface area contributed by atoms with Crippen LogP contribution in [0.1, 0.15) is 15.9 Å². The molecule has 20 heavy (non-hydrogen) atoms. The zero-order valence-electron chi connectivity index (χ0n) is 10.6. The fourth-order valence-electron chi connectivity index (χ4n) is 1.80. The van der Waals surface area contributed by atoms with Crippen molar-refractivity contribution in [2.75, 3.05) is 5.32 Å². The summed E-state index contributed by atoms with van der Waals surface area (Å²) >= 11 is 2.17. The predicted molar refractivity (Wildman–Crippen MR) is 84.9 cm³/mol. The molecule has 2 aromatic carbocycles. The number of carbonyl (C=O) groups excluding carboxylic acids is 1. The first-order valence-electron chi connectivity index (χ1n) is 5.80. The Balaban J connectivity index is 2.28. The number of anilines is 1. The quantitative estimate of drug-likeness (QED) is 0.499. The Morgan fingerprint density at radius 1 is 1.20 bits per heavy atom. The molecule has 0 fully saturated rings. The number of nitro benzene ring substituents is 1. The van der Waals surface area contributed by atoms with Gasteiger partial charge in [0.1, 0.15) is 0 Å². The molecule has 0 bridgehead atoms. The topological polar surface area (TPSA) is 72.2 Å². The number of amides is 1. The number of benzene rings is 2. The van der Waals surface area contributed by atoms with Gasteiger partial charge in [-0.2, -0.15) is 0 Å². The average Bonchev–Trinajstić information content (AvgIpc) is 2.41. The normalized spacial score (nSPS) is 10.1. The maximum Gasteiger partial charge on any atom is 0.273 e. The molecule has 1 amide bonds. The number of nitrogens with zero attached hydrogens (tertiary/aromatic N) is 1. The number of hydrogen-bond donors (Lipinski definition) is 1. The Hall–Kier alpha value is -1.96. The molecule has 0 aliphatic heterocycles. The lowest BCUT2D eigenvalue weighted by molar-refractivity contribution is -0.385. The third-order valence-electron chi connectivity index (χ3n) is 2.85. The first kappa shape index (κ1) is 14.4. The summed E-state index contributed by atoms with van der Waals surface area (Å²) < 4.78 is 1.06. The number of nitro groups is 1. The van der Waals surface area contributed by atoms with Crippen LogP contribution in [-0.4, -0.2) is 10.8 Å². The highest BCUT2D eigenvalue weighted by Gasteiger charge is 2.17. The molecule has 102 valence electrons. The van der Waals surface area contributed by atoms with E-state index < -0.39 is 4.92 Å². The minimum Gasteiger partial charge on any atom is -0.322 e. The van der Waals surface area contributed by atoms with Gasteiger partial charge in [-0.3, -0.25) is 14.9 Å². The van der Waals surface area contributed by atoms with Crippen molar-refractivity contribution in [3.8, 4) is 0 Å². The largest absolute Gasteiger partial charge is 0.322 e. The van der Waals surface area contributed by atoms with Gasteiger partial charge in [0.2, 0.25) is 0 Å². The van der Waals surface area contributed by atoms with Crippen molar-refractivity contribution in [2.45, 2.75) is 6.92 Å². The van der Waals surface area contributed by atoms with E-state index in [1.165, 1.54) is 12.1 Å². The van der Waals surface area contributed by atoms with Crippen molar-refractivity contribution in [1.29, 1.82) is 0 Å². The van der Waals surface area contributed by atoms with Gasteiger partial charge in [0.05, 0.1) is 4.92 Å². The molecule has 0 heterocycles. The zero-order valence-corrected chi connectivity index (χ0v) is 12.7. The molecule has 0 saturated carbocycles. The fourth-order valence-corrected chi connectivity index (χ4v) is 2.16. The Morgan fingerprint density at radius 2 is 1.85 bits per heavy atom. The fraction of sp³-hybridized carbons (Fsp3) is 0.0714. The van der Waals surface area contributed by atoms with E-state index in [1.54, 1.807) is 25.1 Å². The number of nitrogens with one attached hydrogen (secondary N) is 1. The number of rotatable bonds is 3. The maximum atomic E-state index is 12.2. The second-order valence-corrected chi connectivity index (χ2v) is 5.41. The van der Waals surface area contributed by atoms with E-state index in [0.29, 0.717) is 16.8 Å². The van der Waals surface area contributed by atoms with Gasteiger partial charge >= 0.3 is 0 Å². The summed E-state index contributed by atoms with van der Waals surface area (Å²) in [7, 11) is 0. The van der Waals surface area contributed by atoms with Crippen LogP contribution in [0.25, 0.3) is 0 Å². The van der Waals surface area contributed by atoms with E-state index in [4.69, 9.17) is 0 Å². The summed E-state index contributed by atoms with van der Waals surface area (Å²) in [5, 5.41) is 13.6. The van der Waals surface area contributed by atoms with Crippen LogP contribution < -0.4 is 5.32 Å². The van der Waals surface area contributed by atoms with E-state index in [0.717, 1.165) is 3.57 Å². The smallest absolute Gasteiger partial charge is 0.273 e. The van der Waals surface area contributed by atoms with Crippen molar-refractivity contribution >= 4 is 39.9 Å². The van der Waals surface area contributed by atoms with E-state index in [9.17, 15) is 14.9 Å². The van der Waals surface area contributed by atoms with Gasteiger partial charge in [-0.05, 0) is 59.8 Å². The van der Waals surface area contributed by atoms with Gasteiger partial charge in [0.15, 0.2) is 0 Å². The van der Waals surface area contributed by atoms with Crippen LogP contribution >= 0.6 is 22.6 Å². The summed E-state index contributed by atoms with van der Waals surface area (Å²) in [6.07, 6.45) is 0. The first-order chi connectivity index (χ1) is 9.49. The zero-order chi connectivity index (χ0) is 14.7. The van der Waals surface area contributed by atoms with Gasteiger partial charge < -0.3 is 5.32 Å². The summed E-state index contributed by atoms with van der Waals surface area (Å²) in [6, 6.07) is 11.8. The van der Waals surface area contributed by atoms with Crippen LogP contribution in [0.3, 0.4) is 0 Å². The minimum atomic E-state index is -0.489. The van der Waals surface area contributed by atoms with Crippen molar-refractivity contribution < 1.29 is 9.72 Å². The van der Waals surface area contributed by atoms with Crippen molar-refractivity contribution in [3.63, 3.8) is 0 Å². The molecule has 0 saturated heterocycles. The lowest BCUT2D eigenvalue weighted by atomic mass is 10.1. The molecule has 0 spiro atoms. The van der Waals surface area contributed by atoms with Crippen LogP contribution in [0.15, 0.2) is 42.5 Å². The number of hydrogen-bond acceptors (Lipinski definition) is 3. The molecular formula is C14H11IN2O3. The van der Waals surface area contributed by atoms with Crippen LogP contribution in [0.4, 0.5) is 11.4 Å². The highest BCUT2D eigenvalue weighted by atomic mass is 127. The van der Waals surface area contributed by atoms with Gasteiger partial charge in [-0.25, -0.2) is 0 Å². The standard InChI is InChI=1S/C14H11IN2O3/c1-9-12(3-2-4-13(9)17(19)20)14(18)16-11-7-5-10(15)6-8-11/h2-8H,1H3,(H,16,18). The van der Waals surface area contributed by atoms with Crippen LogP contribution in [0, 0.1) is 20.6 Å². The molecule has 6 heteroatoms. The second-order valence-electron chi connectivity index (χ2n) is 4.17. The van der Waals surface area contributed by atoms with Gasteiger partial charge in [-0.15, -0.1) is 0 Å². The van der Waals surface area contributed by atoms with E-state index >= 15 is 0 Å². The molecule has 0 unspecified atom stereocenters. The monoisotopic (exact) mass is 382 g/mol. The third kappa shape index (κ3) is 3.13. The van der Waals surface area contributed by atoms with Crippen LogP contribution in [0.2, 0.25) is 0 Å². The van der Waals surface area contributed by atoms with E-state index in [1.807, 2.05) is 12.1 Å². The van der Waals surface area contributed by atoms with Gasteiger partial charge in [0.25, 0.3) is 11.6 Å². The van der Waals surface area contributed by atoms with Crippen molar-refractivity contribution in [2.24, 2.45) is 0 Å². The SMILES string of the molecule is Cc1c(C(=O)Nc2ccc(I)cc2)cccc1[N+](=O)[O-]. The molecule has 2 aromatic rings. The average molecular weight is 382 g/mol. The minimum absolute atomic E-state index is 0.0553. The molecule has 0 aromatic heterocycles. The highest BCUT2D eigenvalue weighted by Crippen LogP contribution is 2.22. The molecule has 5 nitrogen and oxygen atoms in total. The third-order valence-corrected chi connectivity index (χ3v) is 3.57. The van der Waals surface area contributed by atoms with E-state index in [-0.39, 0.29) is 11.6 Å². The van der Waals surface area contributed by atoms with Crippen LogP contribution in [-0.2, 0) is 0 Å². The number of halogens is 1. The molecule has 0 atom stereocenters. The van der Waals surface area contributed by atoms with Crippen molar-refractivity contribution in [3.05, 3.63) is 67.3 Å². The number of carbonyl (C=O) groups is 1. The molecule has 1 N–H and O–H groups in total.